The summed E-state index contributed by atoms with van der Waals surface area (Å²) in [6.07, 6.45) is 0. The zero-order valence-electron chi connectivity index (χ0n) is 9.95. The summed E-state index contributed by atoms with van der Waals surface area (Å²) in [5.74, 6) is -0.305. The fourth-order valence-electron chi connectivity index (χ4n) is 1.27. The second-order valence-corrected chi connectivity index (χ2v) is 3.47. The lowest BCUT2D eigenvalue weighted by Crippen LogP contribution is -2.48. The Morgan fingerprint density at radius 1 is 1.53 bits per heavy atom. The van der Waals surface area contributed by atoms with E-state index in [9.17, 15) is 4.79 Å². The Morgan fingerprint density at radius 2 is 2.20 bits per heavy atom. The summed E-state index contributed by atoms with van der Waals surface area (Å²) in [6.45, 7) is 7.50. The van der Waals surface area contributed by atoms with Crippen molar-refractivity contribution in [3.63, 3.8) is 0 Å². The molecule has 0 saturated carbocycles. The molecule has 90 valence electrons. The number of hydrogen-bond donors (Lipinski definition) is 2. The first kappa shape index (κ1) is 14.3. The Balaban J connectivity index is 3.78. The minimum Gasteiger partial charge on any atom is -0.380 e. The molecule has 15 heavy (non-hydrogen) atoms. The number of rotatable bonds is 9. The fraction of sp³-hybridized carbons (Fsp3) is 0.900. The first-order valence-corrected chi connectivity index (χ1v) is 5.40. The lowest BCUT2D eigenvalue weighted by molar-refractivity contribution is -0.120. The summed E-state index contributed by atoms with van der Waals surface area (Å²) in [5, 5.41) is 3.05. The molecule has 0 saturated heterocycles. The maximum absolute atomic E-state index is 11.1. The minimum atomic E-state index is -0.305. The summed E-state index contributed by atoms with van der Waals surface area (Å²) in [4.78, 5) is 13.1. The maximum atomic E-state index is 11.1. The largest absolute Gasteiger partial charge is 0.380 e. The van der Waals surface area contributed by atoms with E-state index in [1.54, 1.807) is 0 Å². The molecule has 0 bridgehead atoms. The third-order valence-electron chi connectivity index (χ3n) is 2.11. The topological polar surface area (TPSA) is 67.6 Å². The van der Waals surface area contributed by atoms with Crippen LogP contribution in [0.2, 0.25) is 0 Å². The summed E-state index contributed by atoms with van der Waals surface area (Å²) < 4.78 is 5.23. The van der Waals surface area contributed by atoms with Gasteiger partial charge in [-0.2, -0.15) is 0 Å². The number of ether oxygens (including phenoxy) is 1. The molecule has 0 aromatic carbocycles. The van der Waals surface area contributed by atoms with Crippen LogP contribution < -0.4 is 11.1 Å². The van der Waals surface area contributed by atoms with Crippen molar-refractivity contribution in [2.75, 3.05) is 39.9 Å². The number of nitrogens with two attached hydrogens (primary N) is 1. The van der Waals surface area contributed by atoms with E-state index in [2.05, 4.69) is 5.32 Å². The van der Waals surface area contributed by atoms with Gasteiger partial charge in [0.2, 0.25) is 5.91 Å². The highest BCUT2D eigenvalue weighted by molar-refractivity contribution is 5.80. The van der Waals surface area contributed by atoms with Gasteiger partial charge in [0.15, 0.2) is 0 Å². The molecule has 0 spiro atoms. The lowest BCUT2D eigenvalue weighted by atomic mass is 10.2. The number of amides is 1. The van der Waals surface area contributed by atoms with Crippen LogP contribution in [0.25, 0.3) is 0 Å². The molecule has 0 aliphatic heterocycles. The first-order chi connectivity index (χ1) is 7.11. The van der Waals surface area contributed by atoms with E-state index in [4.69, 9.17) is 10.5 Å². The van der Waals surface area contributed by atoms with Gasteiger partial charge in [0.1, 0.15) is 0 Å². The monoisotopic (exact) mass is 217 g/mol. The molecule has 1 atom stereocenters. The summed E-state index contributed by atoms with van der Waals surface area (Å²) in [5.41, 5.74) is 5.27. The van der Waals surface area contributed by atoms with Crippen LogP contribution in [0, 0.1) is 0 Å². The number of nitrogens with one attached hydrogen (secondary N) is 1. The third-order valence-corrected chi connectivity index (χ3v) is 2.11. The van der Waals surface area contributed by atoms with Crippen molar-refractivity contribution in [3.8, 4) is 0 Å². The average molecular weight is 217 g/mol. The zero-order valence-corrected chi connectivity index (χ0v) is 9.95. The summed E-state index contributed by atoms with van der Waals surface area (Å²) >= 11 is 0. The Morgan fingerprint density at radius 3 is 2.67 bits per heavy atom. The number of carbonyl (C=O) groups excluding carboxylic acids is 1. The Labute approximate surface area is 91.9 Å². The Kier molecular flexibility index (Phi) is 8.27. The minimum absolute atomic E-state index is 0.276. The first-order valence-electron chi connectivity index (χ1n) is 5.40. The molecule has 0 aliphatic rings. The van der Waals surface area contributed by atoms with Crippen molar-refractivity contribution in [2.45, 2.75) is 19.9 Å². The van der Waals surface area contributed by atoms with Crippen molar-refractivity contribution >= 4 is 5.91 Å². The molecular formula is C10H23N3O2. The summed E-state index contributed by atoms with van der Waals surface area (Å²) in [6, 6.07) is -0.276. The van der Waals surface area contributed by atoms with E-state index in [0.717, 1.165) is 19.7 Å². The van der Waals surface area contributed by atoms with Crippen LogP contribution in [0.1, 0.15) is 13.8 Å². The van der Waals surface area contributed by atoms with Crippen molar-refractivity contribution in [1.29, 1.82) is 0 Å². The molecule has 0 aromatic rings. The van der Waals surface area contributed by atoms with E-state index in [-0.39, 0.29) is 11.9 Å². The average Bonchev–Trinajstić information content (AvgIpc) is 2.17. The van der Waals surface area contributed by atoms with E-state index >= 15 is 0 Å². The highest BCUT2D eigenvalue weighted by Crippen LogP contribution is 1.89. The number of carbonyl (C=O) groups is 1. The number of primary amides is 1. The van der Waals surface area contributed by atoms with Crippen LogP contribution in [-0.4, -0.2) is 56.7 Å². The highest BCUT2D eigenvalue weighted by atomic mass is 16.5. The second kappa shape index (κ2) is 8.64. The maximum Gasteiger partial charge on any atom is 0.235 e. The van der Waals surface area contributed by atoms with Gasteiger partial charge in [0, 0.05) is 19.7 Å². The highest BCUT2D eigenvalue weighted by Gasteiger charge is 2.15. The van der Waals surface area contributed by atoms with Gasteiger partial charge in [-0.3, -0.25) is 4.79 Å². The normalized spacial score (nSPS) is 13.1. The quantitative estimate of drug-likeness (QED) is 0.507. The molecule has 1 unspecified atom stereocenters. The van der Waals surface area contributed by atoms with E-state index < -0.39 is 0 Å². The van der Waals surface area contributed by atoms with Gasteiger partial charge in [-0.15, -0.1) is 0 Å². The van der Waals surface area contributed by atoms with Gasteiger partial charge in [0.05, 0.1) is 12.6 Å². The number of nitrogens with zero attached hydrogens (tertiary/aromatic N) is 1. The van der Waals surface area contributed by atoms with Crippen LogP contribution >= 0.6 is 0 Å². The molecule has 0 fully saturated rings. The lowest BCUT2D eigenvalue weighted by Gasteiger charge is -2.22. The van der Waals surface area contributed by atoms with Gasteiger partial charge < -0.3 is 20.7 Å². The number of likely N-dealkylation sites (N-methyl/N-ethyl adjacent to an activating group) is 2. The van der Waals surface area contributed by atoms with Gasteiger partial charge in [0.25, 0.3) is 0 Å². The van der Waals surface area contributed by atoms with Crippen LogP contribution in [0.5, 0.6) is 0 Å². The molecule has 1 amide bonds. The van der Waals surface area contributed by atoms with Crippen LogP contribution in [0.4, 0.5) is 0 Å². The Hall–Kier alpha value is -0.650. The Bertz CT molecular complexity index is 176. The zero-order chi connectivity index (χ0) is 11.7. The van der Waals surface area contributed by atoms with Gasteiger partial charge >= 0.3 is 0 Å². The van der Waals surface area contributed by atoms with Crippen molar-refractivity contribution < 1.29 is 9.53 Å². The van der Waals surface area contributed by atoms with Crippen LogP contribution in [0.15, 0.2) is 0 Å². The molecule has 0 aromatic heterocycles. The molecule has 5 heteroatoms. The van der Waals surface area contributed by atoms with Crippen LogP contribution in [0.3, 0.4) is 0 Å². The second-order valence-electron chi connectivity index (χ2n) is 3.47. The predicted octanol–water partition coefficient (Wildman–Crippen LogP) is -0.582. The number of hydrogen-bond acceptors (Lipinski definition) is 4. The van der Waals surface area contributed by atoms with Crippen molar-refractivity contribution in [1.82, 2.24) is 10.2 Å². The van der Waals surface area contributed by atoms with E-state index in [1.165, 1.54) is 0 Å². The molecular weight excluding hydrogens is 194 g/mol. The standard InChI is InChI=1S/C10H23N3O2/c1-4-12-9(10(11)14)8-13(3)6-7-15-5-2/h9,12H,4-8H2,1-3H3,(H2,11,14). The van der Waals surface area contributed by atoms with E-state index in [1.807, 2.05) is 25.8 Å². The smallest absolute Gasteiger partial charge is 0.235 e. The molecule has 0 rings (SSSR count). The van der Waals surface area contributed by atoms with Gasteiger partial charge in [-0.25, -0.2) is 0 Å². The predicted molar refractivity (Wildman–Crippen MR) is 60.6 cm³/mol. The molecule has 5 nitrogen and oxygen atoms in total. The van der Waals surface area contributed by atoms with E-state index in [0.29, 0.717) is 13.2 Å². The van der Waals surface area contributed by atoms with Crippen LogP contribution in [-0.2, 0) is 9.53 Å². The molecule has 3 N–H and O–H groups in total. The van der Waals surface area contributed by atoms with Gasteiger partial charge in [-0.1, -0.05) is 6.92 Å². The third kappa shape index (κ3) is 7.30. The fourth-order valence-corrected chi connectivity index (χ4v) is 1.27. The van der Waals surface area contributed by atoms with Crippen molar-refractivity contribution in [2.24, 2.45) is 5.73 Å². The molecule has 0 radical (unpaired) electrons. The SMILES string of the molecule is CCNC(CN(C)CCOCC)C(N)=O. The molecule has 0 heterocycles. The summed E-state index contributed by atoms with van der Waals surface area (Å²) in [7, 11) is 1.95. The molecule has 0 aliphatic carbocycles. The van der Waals surface area contributed by atoms with Gasteiger partial charge in [-0.05, 0) is 20.5 Å². The van der Waals surface area contributed by atoms with Crippen molar-refractivity contribution in [3.05, 3.63) is 0 Å².